The van der Waals surface area contributed by atoms with Gasteiger partial charge in [-0.25, -0.2) is 0 Å². The lowest BCUT2D eigenvalue weighted by atomic mass is 9.79. The van der Waals surface area contributed by atoms with Crippen LogP contribution in [0.1, 0.15) is 54.4 Å². The van der Waals surface area contributed by atoms with Crippen molar-refractivity contribution in [3.63, 3.8) is 0 Å². The van der Waals surface area contributed by atoms with Gasteiger partial charge in [-0.15, -0.1) is 0 Å². The Morgan fingerprint density at radius 3 is 2.30 bits per heavy atom. The molecule has 0 radical (unpaired) electrons. The van der Waals surface area contributed by atoms with Crippen molar-refractivity contribution in [1.29, 1.82) is 0 Å². The minimum absolute atomic E-state index is 0.432. The number of aromatic nitrogens is 2. The van der Waals surface area contributed by atoms with Gasteiger partial charge in [-0.1, -0.05) is 50.1 Å². The summed E-state index contributed by atoms with van der Waals surface area (Å²) in [5, 5.41) is 0. The summed E-state index contributed by atoms with van der Waals surface area (Å²) >= 11 is 0. The van der Waals surface area contributed by atoms with Crippen molar-refractivity contribution in [2.75, 3.05) is 0 Å². The fraction of sp³-hybridized carbons (Fsp3) is 0.304. The van der Waals surface area contributed by atoms with Gasteiger partial charge in [-0.3, -0.25) is 9.78 Å². The molecule has 1 aliphatic rings. The molecule has 0 saturated heterocycles. The van der Waals surface area contributed by atoms with E-state index in [1.165, 1.54) is 25.7 Å². The van der Waals surface area contributed by atoms with E-state index in [1.54, 1.807) is 30.4 Å². The summed E-state index contributed by atoms with van der Waals surface area (Å²) in [6.07, 6.45) is 12.3. The van der Waals surface area contributed by atoms with Crippen LogP contribution in [0.2, 0.25) is 0 Å². The van der Waals surface area contributed by atoms with Gasteiger partial charge < -0.3 is 10.7 Å². The van der Waals surface area contributed by atoms with Crippen molar-refractivity contribution < 1.29 is 4.79 Å². The molecule has 1 amide bonds. The number of nitrogens with two attached hydrogens (primary N) is 1. The number of carbonyl (C=O) groups is 1. The Bertz CT molecular complexity index is 834. The first-order chi connectivity index (χ1) is 13.1. The van der Waals surface area contributed by atoms with Crippen LogP contribution in [-0.4, -0.2) is 15.9 Å². The summed E-state index contributed by atoms with van der Waals surface area (Å²) in [5.74, 6) is 1.37. The Hall–Kier alpha value is -2.88. The lowest BCUT2D eigenvalue weighted by molar-refractivity contribution is 0.100. The second-order valence-electron chi connectivity index (χ2n) is 7.25. The first kappa shape index (κ1) is 18.9. The van der Waals surface area contributed by atoms with Crippen LogP contribution in [0, 0.1) is 5.92 Å². The predicted molar refractivity (Wildman–Crippen MR) is 109 cm³/mol. The van der Waals surface area contributed by atoms with Crippen molar-refractivity contribution in [2.24, 2.45) is 11.7 Å². The zero-order chi connectivity index (χ0) is 19.1. The SMILES string of the molecule is CC1CCC(c2ccccc2)CC1.NC(=O)c1c[nH]cc1-c1ccncc1. The maximum Gasteiger partial charge on any atom is 0.250 e. The number of H-pyrrole nitrogens is 1. The van der Waals surface area contributed by atoms with Gasteiger partial charge in [0.1, 0.15) is 0 Å². The lowest BCUT2D eigenvalue weighted by Crippen LogP contribution is -2.10. The molecule has 0 atom stereocenters. The van der Waals surface area contributed by atoms with Crippen molar-refractivity contribution in [2.45, 2.75) is 38.5 Å². The van der Waals surface area contributed by atoms with E-state index < -0.39 is 5.91 Å². The molecular weight excluding hydrogens is 334 g/mol. The van der Waals surface area contributed by atoms with E-state index in [9.17, 15) is 4.79 Å². The van der Waals surface area contributed by atoms with Crippen LogP contribution in [0.25, 0.3) is 11.1 Å². The van der Waals surface area contributed by atoms with Crippen molar-refractivity contribution >= 4 is 5.91 Å². The van der Waals surface area contributed by atoms with E-state index >= 15 is 0 Å². The molecule has 2 heterocycles. The number of benzene rings is 1. The average molecular weight is 361 g/mol. The molecule has 0 bridgehead atoms. The Labute approximate surface area is 160 Å². The summed E-state index contributed by atoms with van der Waals surface area (Å²) in [7, 11) is 0. The zero-order valence-corrected chi connectivity index (χ0v) is 15.8. The van der Waals surface area contributed by atoms with Crippen LogP contribution in [-0.2, 0) is 0 Å². The van der Waals surface area contributed by atoms with Gasteiger partial charge in [0.2, 0.25) is 0 Å². The fourth-order valence-electron chi connectivity index (χ4n) is 3.66. The number of hydrogen-bond donors (Lipinski definition) is 2. The molecule has 4 nitrogen and oxygen atoms in total. The topological polar surface area (TPSA) is 71.8 Å². The number of nitrogens with one attached hydrogen (secondary N) is 1. The predicted octanol–water partition coefficient (Wildman–Crippen LogP) is 5.16. The summed E-state index contributed by atoms with van der Waals surface area (Å²) in [4.78, 5) is 17.8. The molecule has 27 heavy (non-hydrogen) atoms. The zero-order valence-electron chi connectivity index (χ0n) is 15.8. The summed E-state index contributed by atoms with van der Waals surface area (Å²) in [6, 6.07) is 14.6. The highest BCUT2D eigenvalue weighted by Gasteiger charge is 2.18. The van der Waals surface area contributed by atoms with E-state index in [0.29, 0.717) is 5.56 Å². The number of nitrogens with zero attached hydrogens (tertiary/aromatic N) is 1. The molecule has 140 valence electrons. The Balaban J connectivity index is 0.000000156. The number of amides is 1. The molecule has 3 N–H and O–H groups in total. The third-order valence-corrected chi connectivity index (χ3v) is 5.29. The third kappa shape index (κ3) is 5.07. The van der Waals surface area contributed by atoms with Gasteiger partial charge in [-0.2, -0.15) is 0 Å². The molecule has 0 spiro atoms. The van der Waals surface area contributed by atoms with Crippen molar-refractivity contribution in [1.82, 2.24) is 9.97 Å². The molecule has 4 heteroatoms. The minimum atomic E-state index is -0.432. The maximum atomic E-state index is 11.0. The summed E-state index contributed by atoms with van der Waals surface area (Å²) < 4.78 is 0. The molecule has 3 aromatic rings. The molecule has 1 fully saturated rings. The maximum absolute atomic E-state index is 11.0. The summed E-state index contributed by atoms with van der Waals surface area (Å²) in [6.45, 7) is 2.38. The van der Waals surface area contributed by atoms with Crippen LogP contribution in [0.4, 0.5) is 0 Å². The molecule has 1 aliphatic carbocycles. The van der Waals surface area contributed by atoms with Crippen molar-refractivity contribution in [3.05, 3.63) is 78.4 Å². The molecule has 1 aromatic carbocycles. The van der Waals surface area contributed by atoms with Gasteiger partial charge in [0.25, 0.3) is 5.91 Å². The van der Waals surface area contributed by atoms with Gasteiger partial charge in [0, 0.05) is 30.4 Å². The average Bonchev–Trinajstić information content (AvgIpc) is 3.21. The van der Waals surface area contributed by atoms with E-state index in [-0.39, 0.29) is 0 Å². The Morgan fingerprint density at radius 1 is 1.00 bits per heavy atom. The number of pyridine rings is 1. The highest BCUT2D eigenvalue weighted by molar-refractivity contribution is 5.99. The number of carbonyl (C=O) groups excluding carboxylic acids is 1. The van der Waals surface area contributed by atoms with E-state index in [2.05, 4.69) is 47.2 Å². The fourth-order valence-corrected chi connectivity index (χ4v) is 3.66. The molecular formula is C23H27N3O. The monoisotopic (exact) mass is 361 g/mol. The van der Waals surface area contributed by atoms with Gasteiger partial charge in [-0.05, 0) is 47.9 Å². The second-order valence-corrected chi connectivity index (χ2v) is 7.25. The number of rotatable bonds is 3. The molecule has 0 unspecified atom stereocenters. The van der Waals surface area contributed by atoms with Crippen LogP contribution >= 0.6 is 0 Å². The Morgan fingerprint density at radius 2 is 1.67 bits per heavy atom. The van der Waals surface area contributed by atoms with E-state index in [0.717, 1.165) is 23.0 Å². The highest BCUT2D eigenvalue weighted by Crippen LogP contribution is 2.35. The third-order valence-electron chi connectivity index (χ3n) is 5.29. The normalized spacial score (nSPS) is 19.0. The number of aromatic amines is 1. The Kier molecular flexibility index (Phi) is 6.42. The largest absolute Gasteiger partial charge is 0.366 e. The first-order valence-corrected chi connectivity index (χ1v) is 9.57. The highest BCUT2D eigenvalue weighted by atomic mass is 16.1. The second kappa shape index (κ2) is 9.17. The molecule has 4 rings (SSSR count). The van der Waals surface area contributed by atoms with Crippen LogP contribution in [0.5, 0.6) is 0 Å². The van der Waals surface area contributed by atoms with Gasteiger partial charge >= 0.3 is 0 Å². The quantitative estimate of drug-likeness (QED) is 0.676. The number of hydrogen-bond acceptors (Lipinski definition) is 2. The van der Waals surface area contributed by atoms with E-state index in [4.69, 9.17) is 5.73 Å². The standard InChI is InChI=1S/C13H18.C10H9N3O/c1-11-7-9-13(10-8-11)12-5-3-2-4-6-12;11-10(14)9-6-13-5-8(9)7-1-3-12-4-2-7/h2-6,11,13H,7-10H2,1H3;1-6,13H,(H2,11,14). The minimum Gasteiger partial charge on any atom is -0.366 e. The molecule has 1 saturated carbocycles. The van der Waals surface area contributed by atoms with Crippen LogP contribution < -0.4 is 5.73 Å². The first-order valence-electron chi connectivity index (χ1n) is 9.57. The molecule has 0 aliphatic heterocycles. The van der Waals surface area contributed by atoms with Crippen LogP contribution in [0.3, 0.4) is 0 Å². The van der Waals surface area contributed by atoms with E-state index in [1.807, 2.05) is 12.1 Å². The summed E-state index contributed by atoms with van der Waals surface area (Å²) in [5.41, 5.74) is 9.00. The lowest BCUT2D eigenvalue weighted by Gasteiger charge is -2.26. The van der Waals surface area contributed by atoms with Crippen LogP contribution in [0.15, 0.2) is 67.3 Å². The van der Waals surface area contributed by atoms with Gasteiger partial charge in [0.05, 0.1) is 5.56 Å². The number of primary amides is 1. The smallest absolute Gasteiger partial charge is 0.250 e. The van der Waals surface area contributed by atoms with Gasteiger partial charge in [0.15, 0.2) is 0 Å². The van der Waals surface area contributed by atoms with Crippen molar-refractivity contribution in [3.8, 4) is 11.1 Å². The molecule has 2 aromatic heterocycles.